The fraction of sp³-hybridized carbons (Fsp3) is 0.571. The third kappa shape index (κ3) is 3.07. The summed E-state index contributed by atoms with van der Waals surface area (Å²) < 4.78 is 0. The summed E-state index contributed by atoms with van der Waals surface area (Å²) >= 11 is 0. The van der Waals surface area contributed by atoms with Crippen LogP contribution in [0.4, 0.5) is 0 Å². The van der Waals surface area contributed by atoms with Crippen LogP contribution in [0.25, 0.3) is 0 Å². The molecule has 0 bridgehead atoms. The van der Waals surface area contributed by atoms with Gasteiger partial charge in [0.15, 0.2) is 0 Å². The monoisotopic (exact) mass is 248 g/mol. The third-order valence-electron chi connectivity index (χ3n) is 3.50. The summed E-state index contributed by atoms with van der Waals surface area (Å²) in [5, 5.41) is 3.30. The van der Waals surface area contributed by atoms with Crippen LogP contribution in [0.1, 0.15) is 26.2 Å². The lowest BCUT2D eigenvalue weighted by atomic mass is 9.95. The van der Waals surface area contributed by atoms with E-state index in [9.17, 15) is 9.59 Å². The van der Waals surface area contributed by atoms with E-state index in [0.717, 1.165) is 32.4 Å². The highest BCUT2D eigenvalue weighted by Crippen LogP contribution is 2.17. The lowest BCUT2D eigenvalue weighted by Crippen LogP contribution is -2.39. The van der Waals surface area contributed by atoms with Gasteiger partial charge < -0.3 is 5.32 Å². The van der Waals surface area contributed by atoms with Crippen LogP contribution in [0.15, 0.2) is 23.8 Å². The molecule has 2 heterocycles. The maximum Gasteiger partial charge on any atom is 0.256 e. The summed E-state index contributed by atoms with van der Waals surface area (Å²) in [5.41, 5.74) is 0.700. The van der Waals surface area contributed by atoms with Crippen molar-refractivity contribution in [3.63, 3.8) is 0 Å². The minimum atomic E-state index is -0.190. The quantitative estimate of drug-likeness (QED) is 0.748. The summed E-state index contributed by atoms with van der Waals surface area (Å²) in [5.74, 6) is 0.137. The molecule has 98 valence electrons. The van der Waals surface area contributed by atoms with Crippen LogP contribution in [-0.4, -0.2) is 36.3 Å². The van der Waals surface area contributed by atoms with Crippen molar-refractivity contribution in [2.75, 3.05) is 19.6 Å². The van der Waals surface area contributed by atoms with Gasteiger partial charge in [0, 0.05) is 12.1 Å². The van der Waals surface area contributed by atoms with E-state index >= 15 is 0 Å². The van der Waals surface area contributed by atoms with Gasteiger partial charge in [0.1, 0.15) is 0 Å². The number of carbonyl (C=O) groups is 2. The molecule has 2 amide bonds. The molecular weight excluding hydrogens is 228 g/mol. The molecule has 4 nitrogen and oxygen atoms in total. The van der Waals surface area contributed by atoms with Crippen LogP contribution < -0.4 is 5.32 Å². The standard InChI is InChI=1S/C14H20N2O2/c1-11(10-12-5-7-15-8-6-12)14(18)16-9-3-2-4-13(16)17/h2,4,10,12,15H,3,5-9H2,1H3/b11-10+. The molecule has 2 aliphatic rings. The first-order valence-electron chi connectivity index (χ1n) is 6.60. The van der Waals surface area contributed by atoms with E-state index in [0.29, 0.717) is 18.0 Å². The second kappa shape index (κ2) is 5.96. The average molecular weight is 248 g/mol. The predicted octanol–water partition coefficient (Wildman–Crippen LogP) is 1.25. The van der Waals surface area contributed by atoms with Gasteiger partial charge in [-0.3, -0.25) is 14.5 Å². The molecule has 18 heavy (non-hydrogen) atoms. The van der Waals surface area contributed by atoms with Gasteiger partial charge in [-0.05, 0) is 51.3 Å². The van der Waals surface area contributed by atoms with Crippen LogP contribution in [0.3, 0.4) is 0 Å². The Morgan fingerprint density at radius 2 is 2.17 bits per heavy atom. The topological polar surface area (TPSA) is 49.4 Å². The van der Waals surface area contributed by atoms with E-state index in [1.165, 1.54) is 11.0 Å². The van der Waals surface area contributed by atoms with Crippen molar-refractivity contribution in [3.8, 4) is 0 Å². The first kappa shape index (κ1) is 13.0. The lowest BCUT2D eigenvalue weighted by Gasteiger charge is -2.24. The molecule has 0 aromatic rings. The Bertz CT molecular complexity index is 393. The largest absolute Gasteiger partial charge is 0.317 e. The molecule has 0 aliphatic carbocycles. The van der Waals surface area contributed by atoms with Crippen LogP contribution in [0.2, 0.25) is 0 Å². The van der Waals surface area contributed by atoms with Crippen molar-refractivity contribution in [2.24, 2.45) is 5.92 Å². The molecular formula is C14H20N2O2. The summed E-state index contributed by atoms with van der Waals surface area (Å²) in [4.78, 5) is 25.1. The first-order chi connectivity index (χ1) is 8.68. The second-order valence-corrected chi connectivity index (χ2v) is 4.92. The lowest BCUT2D eigenvalue weighted by molar-refractivity contribution is -0.139. The number of imide groups is 1. The highest BCUT2D eigenvalue weighted by molar-refractivity contribution is 6.07. The maximum absolute atomic E-state index is 12.2. The van der Waals surface area contributed by atoms with Gasteiger partial charge in [-0.1, -0.05) is 12.2 Å². The van der Waals surface area contributed by atoms with Gasteiger partial charge in [0.25, 0.3) is 11.8 Å². The number of allylic oxidation sites excluding steroid dienone is 1. The van der Waals surface area contributed by atoms with Crippen molar-refractivity contribution in [3.05, 3.63) is 23.8 Å². The zero-order valence-electron chi connectivity index (χ0n) is 10.8. The summed E-state index contributed by atoms with van der Waals surface area (Å²) in [6.07, 6.45) is 8.24. The molecule has 2 aliphatic heterocycles. The van der Waals surface area contributed by atoms with Gasteiger partial charge in [-0.2, -0.15) is 0 Å². The van der Waals surface area contributed by atoms with Crippen molar-refractivity contribution in [2.45, 2.75) is 26.2 Å². The predicted molar refractivity (Wildman–Crippen MR) is 69.8 cm³/mol. The zero-order chi connectivity index (χ0) is 13.0. The number of nitrogens with zero attached hydrogens (tertiary/aromatic N) is 1. The Hall–Kier alpha value is -1.42. The van der Waals surface area contributed by atoms with Crippen molar-refractivity contribution < 1.29 is 9.59 Å². The number of piperidine rings is 1. The Kier molecular flexibility index (Phi) is 4.31. The van der Waals surface area contributed by atoms with Gasteiger partial charge in [-0.15, -0.1) is 0 Å². The fourth-order valence-corrected chi connectivity index (χ4v) is 2.44. The molecule has 2 rings (SSSR count). The fourth-order valence-electron chi connectivity index (χ4n) is 2.44. The van der Waals surface area contributed by atoms with E-state index in [2.05, 4.69) is 5.32 Å². The molecule has 0 unspecified atom stereocenters. The minimum absolute atomic E-state index is 0.136. The Morgan fingerprint density at radius 3 is 2.83 bits per heavy atom. The maximum atomic E-state index is 12.2. The van der Waals surface area contributed by atoms with Crippen molar-refractivity contribution in [1.82, 2.24) is 10.2 Å². The van der Waals surface area contributed by atoms with Gasteiger partial charge in [0.05, 0.1) is 0 Å². The summed E-state index contributed by atoms with van der Waals surface area (Å²) in [6, 6.07) is 0. The molecule has 1 N–H and O–H groups in total. The van der Waals surface area contributed by atoms with Crippen LogP contribution in [-0.2, 0) is 9.59 Å². The highest BCUT2D eigenvalue weighted by atomic mass is 16.2. The molecule has 0 atom stereocenters. The molecule has 0 spiro atoms. The van der Waals surface area contributed by atoms with E-state index in [-0.39, 0.29) is 11.8 Å². The minimum Gasteiger partial charge on any atom is -0.317 e. The molecule has 1 saturated heterocycles. The third-order valence-corrected chi connectivity index (χ3v) is 3.50. The number of nitrogens with one attached hydrogen (secondary N) is 1. The molecule has 4 heteroatoms. The Balaban J connectivity index is 2.01. The number of rotatable bonds is 2. The second-order valence-electron chi connectivity index (χ2n) is 4.92. The van der Waals surface area contributed by atoms with Crippen LogP contribution in [0, 0.1) is 5.92 Å². The van der Waals surface area contributed by atoms with E-state index < -0.39 is 0 Å². The average Bonchev–Trinajstić information content (AvgIpc) is 2.39. The molecule has 0 aromatic carbocycles. The molecule has 1 fully saturated rings. The number of hydrogen-bond acceptors (Lipinski definition) is 3. The van der Waals surface area contributed by atoms with E-state index in [4.69, 9.17) is 0 Å². The van der Waals surface area contributed by atoms with E-state index in [1.54, 1.807) is 0 Å². The van der Waals surface area contributed by atoms with Crippen LogP contribution >= 0.6 is 0 Å². The SMILES string of the molecule is C/C(=C\C1CCNCC1)C(=O)N1CCC=CC1=O. The number of hydrogen-bond donors (Lipinski definition) is 1. The number of amides is 2. The summed E-state index contributed by atoms with van der Waals surface area (Å²) in [7, 11) is 0. The van der Waals surface area contributed by atoms with Gasteiger partial charge >= 0.3 is 0 Å². The normalized spacial score (nSPS) is 22.4. The summed E-state index contributed by atoms with van der Waals surface area (Å²) in [6.45, 7) is 4.34. The zero-order valence-corrected chi connectivity index (χ0v) is 10.8. The Labute approximate surface area is 108 Å². The molecule has 0 radical (unpaired) electrons. The van der Waals surface area contributed by atoms with Gasteiger partial charge in [-0.25, -0.2) is 0 Å². The van der Waals surface area contributed by atoms with Crippen molar-refractivity contribution in [1.29, 1.82) is 0 Å². The molecule has 0 aromatic heterocycles. The number of carbonyl (C=O) groups excluding carboxylic acids is 2. The Morgan fingerprint density at radius 1 is 1.44 bits per heavy atom. The first-order valence-corrected chi connectivity index (χ1v) is 6.60. The molecule has 0 saturated carbocycles. The van der Waals surface area contributed by atoms with E-state index in [1.807, 2.05) is 19.1 Å². The van der Waals surface area contributed by atoms with Crippen LogP contribution in [0.5, 0.6) is 0 Å². The smallest absolute Gasteiger partial charge is 0.256 e. The highest BCUT2D eigenvalue weighted by Gasteiger charge is 2.23. The van der Waals surface area contributed by atoms with Crippen molar-refractivity contribution >= 4 is 11.8 Å². The van der Waals surface area contributed by atoms with Gasteiger partial charge in [0.2, 0.25) is 0 Å².